The third-order valence-electron chi connectivity index (χ3n) is 8.07. The van der Waals surface area contributed by atoms with Crippen molar-refractivity contribution in [3.05, 3.63) is 106 Å². The van der Waals surface area contributed by atoms with Gasteiger partial charge in [-0.3, -0.25) is 14.9 Å². The molecule has 42 heavy (non-hydrogen) atoms. The maximum absolute atomic E-state index is 13.3. The summed E-state index contributed by atoms with van der Waals surface area (Å²) in [5.41, 5.74) is 5.79. The summed E-state index contributed by atoms with van der Waals surface area (Å²) in [7, 11) is 1.95. The maximum Gasteiger partial charge on any atom is 0.270 e. The summed E-state index contributed by atoms with van der Waals surface area (Å²) < 4.78 is 1.95. The molecule has 2 N–H and O–H groups in total. The number of aryl methyl sites for hydroxylation is 2. The van der Waals surface area contributed by atoms with Gasteiger partial charge in [0.15, 0.2) is 0 Å². The lowest BCUT2D eigenvalue weighted by Gasteiger charge is -2.26. The number of nitrogens with one attached hydrogen (secondary N) is 2. The van der Waals surface area contributed by atoms with Gasteiger partial charge >= 0.3 is 0 Å². The van der Waals surface area contributed by atoms with E-state index in [1.807, 2.05) is 54.2 Å². The van der Waals surface area contributed by atoms with Gasteiger partial charge in [-0.05, 0) is 86.8 Å². The van der Waals surface area contributed by atoms with Crippen LogP contribution in [0.2, 0.25) is 0 Å². The van der Waals surface area contributed by atoms with E-state index in [9.17, 15) is 14.9 Å². The first-order valence-corrected chi connectivity index (χ1v) is 14.5. The smallest absolute Gasteiger partial charge is 0.270 e. The number of carbonyl (C=O) groups excluding carboxylic acids is 1. The Kier molecular flexibility index (Phi) is 7.83. The molecule has 3 heterocycles. The Morgan fingerprint density at radius 3 is 2.48 bits per heavy atom. The van der Waals surface area contributed by atoms with E-state index >= 15 is 0 Å². The number of nitro benzene ring substituents is 1. The van der Waals surface area contributed by atoms with E-state index in [0.29, 0.717) is 22.5 Å². The summed E-state index contributed by atoms with van der Waals surface area (Å²) >= 11 is 0. The molecular formula is C33H34N6O3. The maximum atomic E-state index is 13.3. The molecule has 214 valence electrons. The van der Waals surface area contributed by atoms with Crippen LogP contribution in [0, 0.1) is 10.1 Å². The Labute approximate surface area is 245 Å². The van der Waals surface area contributed by atoms with E-state index in [4.69, 9.17) is 0 Å². The summed E-state index contributed by atoms with van der Waals surface area (Å²) in [5.74, 6) is 0.552. The predicted molar refractivity (Wildman–Crippen MR) is 166 cm³/mol. The standard InChI is InChI=1S/C33H34N6O3/c1-37-21-17-34-32(37)25-11-13-26(14-12-25)35-31(30-28-22-27(39(41)42)15-16-29(28)36-33(30)40)24-9-7-23(8-10-24)6-5-20-38-18-3-2-4-19-38/h7-17,21-22,35H,2-6,18-20H2,1H3,(H,36,40)/b31-30-. The van der Waals surface area contributed by atoms with E-state index < -0.39 is 4.92 Å². The molecule has 0 bridgehead atoms. The highest BCUT2D eigenvalue weighted by atomic mass is 16.6. The quantitative estimate of drug-likeness (QED) is 0.140. The number of non-ortho nitro benzene ring substituents is 1. The van der Waals surface area contributed by atoms with Crippen molar-refractivity contribution >= 4 is 34.2 Å². The van der Waals surface area contributed by atoms with Gasteiger partial charge in [-0.25, -0.2) is 4.98 Å². The van der Waals surface area contributed by atoms with Gasteiger partial charge in [0.1, 0.15) is 5.82 Å². The van der Waals surface area contributed by atoms with Crippen molar-refractivity contribution in [1.29, 1.82) is 0 Å². The summed E-state index contributed by atoms with van der Waals surface area (Å²) in [5, 5.41) is 17.9. The van der Waals surface area contributed by atoms with Crippen molar-refractivity contribution in [2.75, 3.05) is 30.3 Å². The minimum atomic E-state index is -0.442. The molecule has 0 unspecified atom stereocenters. The molecule has 9 heteroatoms. The largest absolute Gasteiger partial charge is 0.354 e. The second kappa shape index (κ2) is 12.0. The Morgan fingerprint density at radius 1 is 1.02 bits per heavy atom. The van der Waals surface area contributed by atoms with Gasteiger partial charge in [0.2, 0.25) is 0 Å². The third-order valence-corrected chi connectivity index (χ3v) is 8.07. The van der Waals surface area contributed by atoms with Crippen LogP contribution in [0.5, 0.6) is 0 Å². The van der Waals surface area contributed by atoms with Gasteiger partial charge in [0.05, 0.1) is 16.2 Å². The van der Waals surface area contributed by atoms with E-state index in [1.54, 1.807) is 12.3 Å². The lowest BCUT2D eigenvalue weighted by atomic mass is 9.98. The lowest BCUT2D eigenvalue weighted by Crippen LogP contribution is -2.30. The first-order valence-electron chi connectivity index (χ1n) is 14.5. The second-order valence-electron chi connectivity index (χ2n) is 11.0. The first kappa shape index (κ1) is 27.4. The third kappa shape index (κ3) is 5.82. The van der Waals surface area contributed by atoms with Crippen molar-refractivity contribution in [3.8, 4) is 11.4 Å². The number of hydrogen-bond donors (Lipinski definition) is 2. The number of piperidine rings is 1. The van der Waals surface area contributed by atoms with Gasteiger partial charge < -0.3 is 20.1 Å². The van der Waals surface area contributed by atoms with E-state index in [0.717, 1.165) is 42.0 Å². The highest BCUT2D eigenvalue weighted by Crippen LogP contribution is 2.39. The van der Waals surface area contributed by atoms with E-state index in [1.165, 1.54) is 50.0 Å². The number of benzene rings is 3. The number of nitrogens with zero attached hydrogens (tertiary/aromatic N) is 4. The fourth-order valence-electron chi connectivity index (χ4n) is 5.81. The molecule has 0 aliphatic carbocycles. The second-order valence-corrected chi connectivity index (χ2v) is 11.0. The van der Waals surface area contributed by atoms with Crippen LogP contribution in [0.1, 0.15) is 42.4 Å². The molecule has 9 nitrogen and oxygen atoms in total. The summed E-state index contributed by atoms with van der Waals surface area (Å²) in [6.45, 7) is 3.51. The van der Waals surface area contributed by atoms with Gasteiger partial charge in [-0.1, -0.05) is 30.7 Å². The van der Waals surface area contributed by atoms with Crippen molar-refractivity contribution in [2.24, 2.45) is 7.05 Å². The monoisotopic (exact) mass is 562 g/mol. The zero-order chi connectivity index (χ0) is 29.1. The molecule has 2 aliphatic rings. The van der Waals surface area contributed by atoms with Crippen LogP contribution in [-0.2, 0) is 18.3 Å². The molecule has 0 spiro atoms. The number of imidazole rings is 1. The Bertz CT molecular complexity index is 1630. The Balaban J connectivity index is 1.31. The zero-order valence-corrected chi connectivity index (χ0v) is 23.7. The zero-order valence-electron chi connectivity index (χ0n) is 23.7. The van der Waals surface area contributed by atoms with Gasteiger partial charge in [0.25, 0.3) is 11.6 Å². The highest BCUT2D eigenvalue weighted by Gasteiger charge is 2.30. The number of carbonyl (C=O) groups is 1. The van der Waals surface area contributed by atoms with Gasteiger partial charge in [0, 0.05) is 54.1 Å². The van der Waals surface area contributed by atoms with Gasteiger partial charge in [-0.2, -0.15) is 0 Å². The number of amides is 1. The predicted octanol–water partition coefficient (Wildman–Crippen LogP) is 6.35. The van der Waals surface area contributed by atoms with Crippen LogP contribution in [0.3, 0.4) is 0 Å². The lowest BCUT2D eigenvalue weighted by molar-refractivity contribution is -0.384. The first-order chi connectivity index (χ1) is 20.5. The van der Waals surface area contributed by atoms with Crippen LogP contribution < -0.4 is 10.6 Å². The molecule has 1 amide bonds. The number of nitro groups is 1. The van der Waals surface area contributed by atoms with Crippen LogP contribution >= 0.6 is 0 Å². The molecule has 6 rings (SSSR count). The molecule has 0 atom stereocenters. The number of anilines is 2. The Morgan fingerprint density at radius 2 is 1.79 bits per heavy atom. The number of hydrogen-bond acceptors (Lipinski definition) is 6. The summed E-state index contributed by atoms with van der Waals surface area (Å²) in [6.07, 6.45) is 9.68. The van der Waals surface area contributed by atoms with E-state index in [2.05, 4.69) is 32.7 Å². The van der Waals surface area contributed by atoms with Crippen molar-refractivity contribution in [1.82, 2.24) is 14.5 Å². The summed E-state index contributed by atoms with van der Waals surface area (Å²) in [6, 6.07) is 20.6. The molecule has 4 aromatic rings. The number of likely N-dealkylation sites (tertiary alicyclic amines) is 1. The number of fused-ring (bicyclic) bond motifs is 1. The van der Waals surface area contributed by atoms with Crippen LogP contribution in [0.25, 0.3) is 22.7 Å². The van der Waals surface area contributed by atoms with E-state index in [-0.39, 0.29) is 11.6 Å². The van der Waals surface area contributed by atoms with Crippen molar-refractivity contribution in [3.63, 3.8) is 0 Å². The van der Waals surface area contributed by atoms with Crippen molar-refractivity contribution in [2.45, 2.75) is 32.1 Å². The molecule has 2 aliphatic heterocycles. The average molecular weight is 563 g/mol. The molecule has 0 saturated carbocycles. The van der Waals surface area contributed by atoms with Crippen LogP contribution in [-0.4, -0.2) is 44.9 Å². The Hall–Kier alpha value is -4.76. The highest BCUT2D eigenvalue weighted by molar-refractivity contribution is 6.37. The average Bonchev–Trinajstić information content (AvgIpc) is 3.58. The minimum Gasteiger partial charge on any atom is -0.354 e. The normalized spacial score (nSPS) is 16.2. The molecular weight excluding hydrogens is 528 g/mol. The number of rotatable bonds is 9. The fourth-order valence-corrected chi connectivity index (χ4v) is 5.81. The van der Waals surface area contributed by atoms with Crippen LogP contribution in [0.15, 0.2) is 79.1 Å². The SMILES string of the molecule is Cn1ccnc1-c1ccc(N/C(=C2\C(=O)Nc3ccc([N+](=O)[O-])cc32)c2ccc(CCCN3CCCCC3)cc2)cc1. The van der Waals surface area contributed by atoms with Crippen molar-refractivity contribution < 1.29 is 9.72 Å². The number of aromatic nitrogens is 2. The topological polar surface area (TPSA) is 105 Å². The molecule has 1 saturated heterocycles. The van der Waals surface area contributed by atoms with Gasteiger partial charge in [-0.15, -0.1) is 0 Å². The molecule has 1 aromatic heterocycles. The minimum absolute atomic E-state index is 0.0643. The molecule has 1 fully saturated rings. The molecule has 0 radical (unpaired) electrons. The fraction of sp³-hybridized carbons (Fsp3) is 0.273. The van der Waals surface area contributed by atoms with Crippen LogP contribution in [0.4, 0.5) is 17.1 Å². The summed E-state index contributed by atoms with van der Waals surface area (Å²) in [4.78, 5) is 31.4. The molecule has 3 aromatic carbocycles.